The molecular weight excluding hydrogens is 256 g/mol. The van der Waals surface area contributed by atoms with Crippen LogP contribution in [-0.2, 0) is 16.1 Å². The Kier molecular flexibility index (Phi) is 5.85. The molecule has 0 aromatic heterocycles. The van der Waals surface area contributed by atoms with Gasteiger partial charge in [0.2, 0.25) is 0 Å². The fraction of sp³-hybridized carbons (Fsp3) is 0.462. The number of halogens is 2. The number of carboxylic acids is 1. The maximum atomic E-state index is 12.9. The Morgan fingerprint density at radius 3 is 2.58 bits per heavy atom. The van der Waals surface area contributed by atoms with Gasteiger partial charge in [-0.15, -0.1) is 0 Å². The molecule has 0 radical (unpaired) electrons. The van der Waals surface area contributed by atoms with E-state index in [0.29, 0.717) is 6.61 Å². The maximum Gasteiger partial charge on any atom is 0.375 e. The molecule has 0 spiro atoms. The van der Waals surface area contributed by atoms with Crippen LogP contribution in [0.2, 0.25) is 0 Å². The van der Waals surface area contributed by atoms with Gasteiger partial charge in [-0.2, -0.15) is 8.78 Å². The summed E-state index contributed by atoms with van der Waals surface area (Å²) in [4.78, 5) is 11.5. The van der Waals surface area contributed by atoms with E-state index in [0.717, 1.165) is 5.56 Å². The van der Waals surface area contributed by atoms with Gasteiger partial charge >= 0.3 is 11.9 Å². The number of carboxylic acid groups (broad SMARTS) is 1. The van der Waals surface area contributed by atoms with Gasteiger partial charge in [0.05, 0.1) is 19.8 Å². The van der Waals surface area contributed by atoms with Gasteiger partial charge in [0.25, 0.3) is 0 Å². The number of ether oxygens (including phenoxy) is 1. The molecule has 0 aliphatic heterocycles. The highest BCUT2D eigenvalue weighted by atomic mass is 19.3. The van der Waals surface area contributed by atoms with Crippen LogP contribution < -0.4 is 0 Å². The van der Waals surface area contributed by atoms with Crippen LogP contribution in [-0.4, -0.2) is 48.6 Å². The van der Waals surface area contributed by atoms with Crippen LogP contribution >= 0.6 is 0 Å². The summed E-state index contributed by atoms with van der Waals surface area (Å²) in [6.45, 7) is 0.0951. The highest BCUT2D eigenvalue weighted by molar-refractivity contribution is 5.75. The molecule has 0 saturated heterocycles. The minimum absolute atomic E-state index is 0.246. The molecule has 0 aliphatic carbocycles. The second kappa shape index (κ2) is 7.16. The van der Waals surface area contributed by atoms with Crippen LogP contribution in [0, 0.1) is 0 Å². The molecule has 0 aliphatic rings. The summed E-state index contributed by atoms with van der Waals surface area (Å²) in [6.07, 6.45) is 0. The molecule has 0 heterocycles. The van der Waals surface area contributed by atoms with Gasteiger partial charge in [0, 0.05) is 6.54 Å². The number of carbonyl (C=O) groups is 1. The first-order valence-electron chi connectivity index (χ1n) is 5.83. The van der Waals surface area contributed by atoms with Crippen molar-refractivity contribution in [3.8, 4) is 0 Å². The maximum absolute atomic E-state index is 12.9. The molecule has 0 bridgehead atoms. The largest absolute Gasteiger partial charge is 0.477 e. The predicted octanol–water partition coefficient (Wildman–Crippen LogP) is 1.85. The number of aliphatic carboxylic acids is 1. The van der Waals surface area contributed by atoms with Crippen LogP contribution in [0.4, 0.5) is 8.78 Å². The van der Waals surface area contributed by atoms with E-state index in [2.05, 4.69) is 0 Å². The minimum atomic E-state index is -3.73. The average Bonchev–Trinajstić information content (AvgIpc) is 2.35. The van der Waals surface area contributed by atoms with Gasteiger partial charge in [-0.05, 0) is 12.6 Å². The van der Waals surface area contributed by atoms with E-state index in [1.54, 1.807) is 0 Å². The van der Waals surface area contributed by atoms with Crippen LogP contribution in [0.3, 0.4) is 0 Å². The lowest BCUT2D eigenvalue weighted by atomic mass is 10.2. The van der Waals surface area contributed by atoms with E-state index < -0.39 is 18.4 Å². The predicted molar refractivity (Wildman–Crippen MR) is 66.2 cm³/mol. The van der Waals surface area contributed by atoms with Crippen molar-refractivity contribution in [1.29, 1.82) is 0 Å². The third-order valence-corrected chi connectivity index (χ3v) is 2.51. The number of nitrogens with zero attached hydrogens (tertiary/aromatic N) is 1. The van der Waals surface area contributed by atoms with Crippen molar-refractivity contribution in [3.63, 3.8) is 0 Å². The zero-order chi connectivity index (χ0) is 14.3. The average molecular weight is 273 g/mol. The first-order chi connectivity index (χ1) is 8.92. The van der Waals surface area contributed by atoms with Crippen LogP contribution in [0.5, 0.6) is 0 Å². The Morgan fingerprint density at radius 2 is 2.00 bits per heavy atom. The molecule has 0 unspecified atom stereocenters. The number of hydrogen-bond acceptors (Lipinski definition) is 3. The molecule has 6 heteroatoms. The lowest BCUT2D eigenvalue weighted by molar-refractivity contribution is -0.167. The quantitative estimate of drug-likeness (QED) is 0.734. The van der Waals surface area contributed by atoms with E-state index in [1.807, 2.05) is 30.3 Å². The molecule has 1 N–H and O–H groups in total. The first-order valence-corrected chi connectivity index (χ1v) is 5.83. The summed E-state index contributed by atoms with van der Waals surface area (Å²) < 4.78 is 31.1. The molecule has 1 aromatic carbocycles. The van der Waals surface area contributed by atoms with Gasteiger partial charge in [0.1, 0.15) is 0 Å². The summed E-state index contributed by atoms with van der Waals surface area (Å²) in [5.41, 5.74) is 1.00. The minimum Gasteiger partial charge on any atom is -0.477 e. The monoisotopic (exact) mass is 273 g/mol. The summed E-state index contributed by atoms with van der Waals surface area (Å²) in [6, 6.07) is 9.48. The van der Waals surface area contributed by atoms with E-state index in [1.165, 1.54) is 11.9 Å². The fourth-order valence-electron chi connectivity index (χ4n) is 1.47. The van der Waals surface area contributed by atoms with E-state index in [-0.39, 0.29) is 13.2 Å². The SMILES string of the molecule is CN(CCOCc1ccccc1)CC(F)(F)C(=O)O. The van der Waals surface area contributed by atoms with Crippen LogP contribution in [0.1, 0.15) is 5.56 Å². The molecule has 19 heavy (non-hydrogen) atoms. The fourth-order valence-corrected chi connectivity index (χ4v) is 1.47. The summed E-state index contributed by atoms with van der Waals surface area (Å²) in [7, 11) is 1.43. The lowest BCUT2D eigenvalue weighted by Gasteiger charge is -2.20. The summed E-state index contributed by atoms with van der Waals surface area (Å²) in [5, 5.41) is 8.30. The van der Waals surface area contributed by atoms with Gasteiger partial charge in [0.15, 0.2) is 0 Å². The molecule has 0 fully saturated rings. The number of alkyl halides is 2. The topological polar surface area (TPSA) is 49.8 Å². The van der Waals surface area contributed by atoms with Crippen LogP contribution in [0.15, 0.2) is 30.3 Å². The Hall–Kier alpha value is -1.53. The van der Waals surface area contributed by atoms with Crippen molar-refractivity contribution >= 4 is 5.97 Å². The Balaban J connectivity index is 2.21. The number of hydrogen-bond donors (Lipinski definition) is 1. The molecule has 1 rings (SSSR count). The normalized spacial score (nSPS) is 11.8. The Labute approximate surface area is 110 Å². The van der Waals surface area contributed by atoms with Gasteiger partial charge < -0.3 is 9.84 Å². The zero-order valence-electron chi connectivity index (χ0n) is 10.7. The number of likely N-dealkylation sites (N-methyl/N-ethyl adjacent to an activating group) is 1. The van der Waals surface area contributed by atoms with E-state index >= 15 is 0 Å². The van der Waals surface area contributed by atoms with E-state index in [4.69, 9.17) is 9.84 Å². The van der Waals surface area contributed by atoms with Crippen molar-refractivity contribution in [1.82, 2.24) is 4.90 Å². The van der Waals surface area contributed by atoms with Crippen molar-refractivity contribution in [2.75, 3.05) is 26.7 Å². The molecule has 1 aromatic rings. The number of benzene rings is 1. The van der Waals surface area contributed by atoms with Gasteiger partial charge in [-0.1, -0.05) is 30.3 Å². The molecule has 0 atom stereocenters. The Bertz CT molecular complexity index is 398. The molecular formula is C13H17F2NO3. The molecule has 4 nitrogen and oxygen atoms in total. The van der Waals surface area contributed by atoms with Crippen molar-refractivity contribution in [3.05, 3.63) is 35.9 Å². The third kappa shape index (κ3) is 5.76. The van der Waals surface area contributed by atoms with Gasteiger partial charge in [-0.25, -0.2) is 4.79 Å². The smallest absolute Gasteiger partial charge is 0.375 e. The van der Waals surface area contributed by atoms with Crippen molar-refractivity contribution in [2.45, 2.75) is 12.5 Å². The molecule has 0 amide bonds. The van der Waals surface area contributed by atoms with Gasteiger partial charge in [-0.3, -0.25) is 4.90 Å². The van der Waals surface area contributed by atoms with E-state index in [9.17, 15) is 13.6 Å². The summed E-state index contributed by atoms with van der Waals surface area (Å²) >= 11 is 0. The zero-order valence-corrected chi connectivity index (χ0v) is 10.7. The second-order valence-electron chi connectivity index (χ2n) is 4.29. The Morgan fingerprint density at radius 1 is 1.37 bits per heavy atom. The van der Waals surface area contributed by atoms with Crippen LogP contribution in [0.25, 0.3) is 0 Å². The molecule has 0 saturated carbocycles. The highest BCUT2D eigenvalue weighted by Gasteiger charge is 2.39. The third-order valence-electron chi connectivity index (χ3n) is 2.51. The first kappa shape index (κ1) is 15.5. The van der Waals surface area contributed by atoms with Crippen molar-refractivity contribution < 1.29 is 23.4 Å². The number of rotatable bonds is 8. The second-order valence-corrected chi connectivity index (χ2v) is 4.29. The summed E-state index contributed by atoms with van der Waals surface area (Å²) in [5.74, 6) is -5.83. The van der Waals surface area contributed by atoms with Crippen molar-refractivity contribution in [2.24, 2.45) is 0 Å². The highest BCUT2D eigenvalue weighted by Crippen LogP contribution is 2.14. The lowest BCUT2D eigenvalue weighted by Crippen LogP contribution is -2.41. The molecule has 106 valence electrons. The standard InChI is InChI=1S/C13H17F2NO3/c1-16(10-13(14,15)12(17)18)7-8-19-9-11-5-3-2-4-6-11/h2-6H,7-10H2,1H3,(H,17,18).